The van der Waals surface area contributed by atoms with E-state index in [4.69, 9.17) is 5.84 Å². The van der Waals surface area contributed by atoms with Crippen LogP contribution in [0.3, 0.4) is 0 Å². The Morgan fingerprint density at radius 1 is 1.32 bits per heavy atom. The zero-order valence-electron chi connectivity index (χ0n) is 16.9. The first-order valence-corrected chi connectivity index (χ1v) is 9.76. The van der Waals surface area contributed by atoms with Crippen LogP contribution in [0.4, 0.5) is 10.1 Å². The van der Waals surface area contributed by atoms with E-state index in [9.17, 15) is 9.60 Å². The summed E-state index contributed by atoms with van der Waals surface area (Å²) in [6.07, 6.45) is 5.34. The summed E-state index contributed by atoms with van der Waals surface area (Å²) in [7, 11) is 0. The number of aryl methyl sites for hydroxylation is 1. The molecule has 2 unspecified atom stereocenters. The van der Waals surface area contributed by atoms with Gasteiger partial charge in [-0.15, -0.1) is 5.84 Å². The fourth-order valence-electron chi connectivity index (χ4n) is 3.35. The first-order valence-electron chi connectivity index (χ1n) is 9.36. The third-order valence-electron chi connectivity index (χ3n) is 4.88. The smallest absolute Gasteiger partial charge is 0.233 e. The Labute approximate surface area is 172 Å². The van der Waals surface area contributed by atoms with Crippen LogP contribution >= 0.6 is 12.8 Å². The second-order valence-corrected chi connectivity index (χ2v) is 7.52. The highest BCUT2D eigenvalue weighted by molar-refractivity contribution is 7.79. The summed E-state index contributed by atoms with van der Waals surface area (Å²) < 4.78 is 13.2. The summed E-state index contributed by atoms with van der Waals surface area (Å²) >= 11 is 3.79. The van der Waals surface area contributed by atoms with E-state index in [0.29, 0.717) is 6.42 Å². The molecule has 0 fully saturated rings. The molecule has 2 rings (SSSR count). The van der Waals surface area contributed by atoms with Gasteiger partial charge in [-0.1, -0.05) is 37.3 Å². The Hall–Kier alpha value is -1.99. The molecule has 28 heavy (non-hydrogen) atoms. The van der Waals surface area contributed by atoms with E-state index in [1.807, 2.05) is 13.0 Å². The molecule has 0 bridgehead atoms. The summed E-state index contributed by atoms with van der Waals surface area (Å²) in [4.78, 5) is 4.60. The molecule has 150 valence electrons. The lowest BCUT2D eigenvalue weighted by atomic mass is 9.85. The molecule has 2 aromatic rings. The average Bonchev–Trinajstić information content (AvgIpc) is 2.61. The molecular formula is C22H29FN3OS+. The van der Waals surface area contributed by atoms with Crippen molar-refractivity contribution in [2.75, 3.05) is 0 Å². The molecular weight excluding hydrogens is 373 g/mol. The van der Waals surface area contributed by atoms with Gasteiger partial charge in [0.25, 0.3) is 0 Å². The number of hydrogen-bond donors (Lipinski definition) is 3. The van der Waals surface area contributed by atoms with Crippen LogP contribution in [0.1, 0.15) is 48.4 Å². The van der Waals surface area contributed by atoms with Crippen LogP contribution in [-0.2, 0) is 6.42 Å². The van der Waals surface area contributed by atoms with Gasteiger partial charge in [0.2, 0.25) is 5.69 Å². The second-order valence-electron chi connectivity index (χ2n) is 6.91. The summed E-state index contributed by atoms with van der Waals surface area (Å²) in [6, 6.07) is 10.9. The van der Waals surface area contributed by atoms with Crippen molar-refractivity contribution in [2.24, 2.45) is 10.8 Å². The molecule has 0 aliphatic rings. The largest absolute Gasteiger partial charge is 0.266 e. The number of benzene rings is 2. The lowest BCUT2D eigenvalue weighted by Gasteiger charge is -2.22. The van der Waals surface area contributed by atoms with Crippen molar-refractivity contribution in [3.05, 3.63) is 76.2 Å². The molecule has 0 aromatic heterocycles. The van der Waals surface area contributed by atoms with Gasteiger partial charge in [-0.2, -0.15) is 5.21 Å². The SMILES string of the molecule is CC=N/C(=C\CC)C(Cc1ccc([N+](N)(O)S)c(F)c1)c1cccc(C)c1C. The van der Waals surface area contributed by atoms with Crippen LogP contribution in [0.15, 0.2) is 53.2 Å². The van der Waals surface area contributed by atoms with Crippen LogP contribution in [0, 0.1) is 19.7 Å². The van der Waals surface area contributed by atoms with Gasteiger partial charge in [-0.3, -0.25) is 4.99 Å². The minimum Gasteiger partial charge on any atom is -0.266 e. The predicted molar refractivity (Wildman–Crippen MR) is 118 cm³/mol. The number of nitrogens with zero attached hydrogens (tertiary/aromatic N) is 2. The Kier molecular flexibility index (Phi) is 7.55. The Bertz CT molecular complexity index is 888. The topological polar surface area (TPSA) is 58.6 Å². The number of quaternary nitrogens is 1. The van der Waals surface area contributed by atoms with Crippen molar-refractivity contribution >= 4 is 24.7 Å². The van der Waals surface area contributed by atoms with Gasteiger partial charge in [0, 0.05) is 23.9 Å². The van der Waals surface area contributed by atoms with Crippen molar-refractivity contribution in [3.8, 4) is 0 Å². The van der Waals surface area contributed by atoms with Crippen LogP contribution in [0.25, 0.3) is 0 Å². The Morgan fingerprint density at radius 2 is 2.04 bits per heavy atom. The van der Waals surface area contributed by atoms with E-state index in [1.165, 1.54) is 28.8 Å². The van der Waals surface area contributed by atoms with Crippen molar-refractivity contribution in [3.63, 3.8) is 0 Å². The van der Waals surface area contributed by atoms with Crippen LogP contribution < -0.4 is 10.0 Å². The van der Waals surface area contributed by atoms with E-state index in [1.54, 1.807) is 12.3 Å². The lowest BCUT2D eigenvalue weighted by molar-refractivity contribution is 0.0234. The maximum Gasteiger partial charge on any atom is 0.233 e. The third kappa shape index (κ3) is 5.29. The molecule has 2 aromatic carbocycles. The molecule has 0 aliphatic carbocycles. The summed E-state index contributed by atoms with van der Waals surface area (Å²) in [5, 5.41) is 9.73. The van der Waals surface area contributed by atoms with E-state index in [-0.39, 0.29) is 11.6 Å². The van der Waals surface area contributed by atoms with Crippen LogP contribution in [0.2, 0.25) is 0 Å². The molecule has 6 heteroatoms. The van der Waals surface area contributed by atoms with E-state index in [2.05, 4.69) is 56.8 Å². The van der Waals surface area contributed by atoms with Gasteiger partial charge in [0.05, 0.1) is 0 Å². The summed E-state index contributed by atoms with van der Waals surface area (Å²) in [6.45, 7) is 8.16. The number of halogens is 1. The maximum absolute atomic E-state index is 14.5. The number of allylic oxidation sites excluding steroid dienone is 2. The van der Waals surface area contributed by atoms with Gasteiger partial charge in [-0.05, 0) is 66.1 Å². The van der Waals surface area contributed by atoms with Gasteiger partial charge < -0.3 is 0 Å². The summed E-state index contributed by atoms with van der Waals surface area (Å²) in [5.74, 6) is 4.84. The predicted octanol–water partition coefficient (Wildman–Crippen LogP) is 5.57. The molecule has 0 radical (unpaired) electrons. The van der Waals surface area contributed by atoms with Gasteiger partial charge >= 0.3 is 0 Å². The number of hydrogen-bond acceptors (Lipinski definition) is 4. The van der Waals surface area contributed by atoms with E-state index in [0.717, 1.165) is 17.7 Å². The number of thiol groups is 1. The zero-order chi connectivity index (χ0) is 20.9. The van der Waals surface area contributed by atoms with E-state index < -0.39 is 9.98 Å². The third-order valence-corrected chi connectivity index (χ3v) is 5.09. The highest BCUT2D eigenvalue weighted by Gasteiger charge is 2.26. The monoisotopic (exact) mass is 402 g/mol. The van der Waals surface area contributed by atoms with Crippen molar-refractivity contribution in [1.82, 2.24) is 4.16 Å². The zero-order valence-corrected chi connectivity index (χ0v) is 17.7. The Balaban J connectivity index is 2.53. The standard InChI is InChI=1S/C22H29FN3OS/c1-5-8-21(25-6-2)19(18-10-7-9-15(3)16(18)4)13-17-11-12-22(20(23)14-17)26(24,27)28/h6-12,14,19,27-28H,5,13,24H2,1-4H3/q+1/b21-8-,25-6?. The first-order chi connectivity index (χ1) is 13.2. The molecule has 0 amide bonds. The number of aliphatic imine (C=N–C) groups is 1. The fraction of sp³-hybridized carbons (Fsp3) is 0.318. The van der Waals surface area contributed by atoms with Crippen molar-refractivity contribution in [2.45, 2.75) is 46.5 Å². The van der Waals surface area contributed by atoms with Gasteiger partial charge in [0.15, 0.2) is 5.82 Å². The summed E-state index contributed by atoms with van der Waals surface area (Å²) in [5.41, 5.74) is 5.24. The lowest BCUT2D eigenvalue weighted by Crippen LogP contribution is -2.43. The normalized spacial score (nSPS) is 15.6. The molecule has 4 nitrogen and oxygen atoms in total. The van der Waals surface area contributed by atoms with E-state index >= 15 is 0 Å². The molecule has 0 saturated carbocycles. The second kappa shape index (κ2) is 9.47. The molecule has 0 heterocycles. The minimum atomic E-state index is -1.34. The quantitative estimate of drug-likeness (QED) is 0.186. The van der Waals surface area contributed by atoms with Crippen molar-refractivity contribution in [1.29, 1.82) is 0 Å². The van der Waals surface area contributed by atoms with Gasteiger partial charge in [-0.25, -0.2) is 4.39 Å². The molecule has 3 N–H and O–H groups in total. The first kappa shape index (κ1) is 22.3. The van der Waals surface area contributed by atoms with Crippen molar-refractivity contribution < 1.29 is 9.60 Å². The highest BCUT2D eigenvalue weighted by atomic mass is 32.1. The molecule has 2 atom stereocenters. The Morgan fingerprint density at radius 3 is 2.61 bits per heavy atom. The average molecular weight is 403 g/mol. The number of rotatable bonds is 7. The van der Waals surface area contributed by atoms with Crippen LogP contribution in [0.5, 0.6) is 0 Å². The molecule has 0 saturated heterocycles. The molecule has 0 spiro atoms. The molecule has 0 aliphatic heterocycles. The van der Waals surface area contributed by atoms with Crippen LogP contribution in [-0.4, -0.2) is 11.4 Å². The fourth-order valence-corrected chi connectivity index (χ4v) is 3.51. The highest BCUT2D eigenvalue weighted by Crippen LogP contribution is 2.34. The van der Waals surface area contributed by atoms with Gasteiger partial charge in [0.1, 0.15) is 12.8 Å². The minimum absolute atomic E-state index is 0.0106. The number of nitrogens with two attached hydrogens (primary N) is 1. The maximum atomic E-state index is 14.5.